The van der Waals surface area contributed by atoms with Crippen LogP contribution >= 0.6 is 11.6 Å². The standard InChI is InChI=1S/C14H22ClNO/c1-4-16-9-14(11(2)3)17-10-12-6-5-7-13(15)8-12/h5-8,11,14,16H,4,9-10H2,1-3H3. The van der Waals surface area contributed by atoms with Gasteiger partial charge in [-0.2, -0.15) is 0 Å². The third-order valence-corrected chi connectivity index (χ3v) is 2.93. The summed E-state index contributed by atoms with van der Waals surface area (Å²) in [6.07, 6.45) is 0.244. The fourth-order valence-electron chi connectivity index (χ4n) is 1.60. The van der Waals surface area contributed by atoms with Gasteiger partial charge >= 0.3 is 0 Å². The summed E-state index contributed by atoms with van der Waals surface area (Å²) in [4.78, 5) is 0. The van der Waals surface area contributed by atoms with Crippen molar-refractivity contribution in [2.45, 2.75) is 33.5 Å². The summed E-state index contributed by atoms with van der Waals surface area (Å²) in [6, 6.07) is 7.82. The summed E-state index contributed by atoms with van der Waals surface area (Å²) < 4.78 is 5.93. The minimum absolute atomic E-state index is 0.244. The Hall–Kier alpha value is -0.570. The van der Waals surface area contributed by atoms with Gasteiger partial charge in [-0.05, 0) is 30.2 Å². The van der Waals surface area contributed by atoms with E-state index in [0.29, 0.717) is 12.5 Å². The summed E-state index contributed by atoms with van der Waals surface area (Å²) in [6.45, 7) is 8.96. The molecule has 0 bridgehead atoms. The summed E-state index contributed by atoms with van der Waals surface area (Å²) in [5, 5.41) is 4.09. The summed E-state index contributed by atoms with van der Waals surface area (Å²) in [7, 11) is 0. The molecule has 0 aliphatic rings. The van der Waals surface area contributed by atoms with Gasteiger partial charge in [-0.1, -0.05) is 44.5 Å². The monoisotopic (exact) mass is 255 g/mol. The molecule has 0 spiro atoms. The lowest BCUT2D eigenvalue weighted by Gasteiger charge is -2.21. The van der Waals surface area contributed by atoms with Crippen LogP contribution in [-0.4, -0.2) is 19.2 Å². The molecule has 1 unspecified atom stereocenters. The number of ether oxygens (including phenoxy) is 1. The molecular weight excluding hydrogens is 234 g/mol. The van der Waals surface area contributed by atoms with Gasteiger partial charge in [0.25, 0.3) is 0 Å². The number of likely N-dealkylation sites (N-methyl/N-ethyl adjacent to an activating group) is 1. The average molecular weight is 256 g/mol. The first kappa shape index (κ1) is 14.5. The Morgan fingerprint density at radius 3 is 2.71 bits per heavy atom. The third kappa shape index (κ3) is 5.53. The minimum Gasteiger partial charge on any atom is -0.372 e. The Morgan fingerprint density at radius 2 is 2.12 bits per heavy atom. The van der Waals surface area contributed by atoms with Gasteiger partial charge < -0.3 is 10.1 Å². The van der Waals surface area contributed by atoms with Gasteiger partial charge in [0.15, 0.2) is 0 Å². The predicted octanol–water partition coefficient (Wildman–Crippen LogP) is 3.49. The van der Waals surface area contributed by atoms with E-state index in [-0.39, 0.29) is 6.10 Å². The van der Waals surface area contributed by atoms with Crippen LogP contribution in [0.4, 0.5) is 0 Å². The topological polar surface area (TPSA) is 21.3 Å². The maximum atomic E-state index is 5.94. The highest BCUT2D eigenvalue weighted by atomic mass is 35.5. The van der Waals surface area contributed by atoms with Crippen molar-refractivity contribution in [3.05, 3.63) is 34.9 Å². The molecule has 1 N–H and O–H groups in total. The molecule has 0 aliphatic carbocycles. The van der Waals surface area contributed by atoms with Crippen LogP contribution < -0.4 is 5.32 Å². The molecule has 1 aromatic carbocycles. The number of nitrogens with one attached hydrogen (secondary N) is 1. The number of rotatable bonds is 7. The van der Waals surface area contributed by atoms with Crippen molar-refractivity contribution < 1.29 is 4.74 Å². The predicted molar refractivity (Wildman–Crippen MR) is 73.4 cm³/mol. The van der Waals surface area contributed by atoms with Crippen molar-refractivity contribution in [2.75, 3.05) is 13.1 Å². The fraction of sp³-hybridized carbons (Fsp3) is 0.571. The van der Waals surface area contributed by atoms with E-state index in [1.54, 1.807) is 0 Å². The van der Waals surface area contributed by atoms with E-state index >= 15 is 0 Å². The van der Waals surface area contributed by atoms with Gasteiger partial charge in [-0.15, -0.1) is 0 Å². The van der Waals surface area contributed by atoms with Crippen molar-refractivity contribution >= 4 is 11.6 Å². The molecule has 1 aromatic rings. The first-order chi connectivity index (χ1) is 8.13. The SMILES string of the molecule is CCNCC(OCc1cccc(Cl)c1)C(C)C. The Bertz CT molecular complexity index is 328. The first-order valence-corrected chi connectivity index (χ1v) is 6.58. The number of hydrogen-bond donors (Lipinski definition) is 1. The molecule has 0 aromatic heterocycles. The molecule has 3 heteroatoms. The molecule has 0 aliphatic heterocycles. The van der Waals surface area contributed by atoms with E-state index in [2.05, 4.69) is 26.1 Å². The van der Waals surface area contributed by atoms with Gasteiger partial charge in [-0.3, -0.25) is 0 Å². The normalized spacial score (nSPS) is 13.0. The van der Waals surface area contributed by atoms with E-state index in [4.69, 9.17) is 16.3 Å². The molecule has 0 heterocycles. The highest BCUT2D eigenvalue weighted by Gasteiger charge is 2.13. The van der Waals surface area contributed by atoms with E-state index in [1.165, 1.54) is 0 Å². The second-order valence-corrected chi connectivity index (χ2v) is 4.97. The molecule has 2 nitrogen and oxygen atoms in total. The summed E-state index contributed by atoms with van der Waals surface area (Å²) in [5.74, 6) is 0.508. The summed E-state index contributed by atoms with van der Waals surface area (Å²) >= 11 is 5.94. The molecular formula is C14H22ClNO. The first-order valence-electron chi connectivity index (χ1n) is 6.20. The molecule has 0 radical (unpaired) electrons. The van der Waals surface area contributed by atoms with Crippen molar-refractivity contribution in [3.8, 4) is 0 Å². The van der Waals surface area contributed by atoms with Crippen LogP contribution in [0.3, 0.4) is 0 Å². The van der Waals surface area contributed by atoms with Crippen LogP contribution in [0.25, 0.3) is 0 Å². The van der Waals surface area contributed by atoms with E-state index < -0.39 is 0 Å². The van der Waals surface area contributed by atoms with E-state index in [0.717, 1.165) is 23.7 Å². The Kier molecular flexibility index (Phi) is 6.56. The quantitative estimate of drug-likeness (QED) is 0.805. The van der Waals surface area contributed by atoms with Gasteiger partial charge in [0.1, 0.15) is 0 Å². The molecule has 0 saturated heterocycles. The van der Waals surface area contributed by atoms with E-state index in [1.807, 2.05) is 24.3 Å². The fourth-order valence-corrected chi connectivity index (χ4v) is 1.82. The van der Waals surface area contributed by atoms with Crippen LogP contribution in [-0.2, 0) is 11.3 Å². The van der Waals surface area contributed by atoms with E-state index in [9.17, 15) is 0 Å². The van der Waals surface area contributed by atoms with Crippen LogP contribution in [0.5, 0.6) is 0 Å². The van der Waals surface area contributed by atoms with Crippen LogP contribution in [0.15, 0.2) is 24.3 Å². The van der Waals surface area contributed by atoms with Crippen molar-refractivity contribution in [2.24, 2.45) is 5.92 Å². The Morgan fingerprint density at radius 1 is 1.35 bits per heavy atom. The molecule has 0 fully saturated rings. The summed E-state index contributed by atoms with van der Waals surface area (Å²) in [5.41, 5.74) is 1.12. The largest absolute Gasteiger partial charge is 0.372 e. The van der Waals surface area contributed by atoms with Crippen LogP contribution in [0.2, 0.25) is 5.02 Å². The zero-order valence-corrected chi connectivity index (χ0v) is 11.6. The third-order valence-electron chi connectivity index (χ3n) is 2.69. The second-order valence-electron chi connectivity index (χ2n) is 4.53. The zero-order chi connectivity index (χ0) is 12.7. The minimum atomic E-state index is 0.244. The highest BCUT2D eigenvalue weighted by molar-refractivity contribution is 6.30. The lowest BCUT2D eigenvalue weighted by atomic mass is 10.1. The molecule has 0 amide bonds. The van der Waals surface area contributed by atoms with Crippen molar-refractivity contribution in [1.82, 2.24) is 5.32 Å². The smallest absolute Gasteiger partial charge is 0.0726 e. The van der Waals surface area contributed by atoms with Gasteiger partial charge in [0.2, 0.25) is 0 Å². The number of benzene rings is 1. The highest BCUT2D eigenvalue weighted by Crippen LogP contribution is 2.14. The maximum Gasteiger partial charge on any atom is 0.0726 e. The second kappa shape index (κ2) is 7.70. The van der Waals surface area contributed by atoms with Crippen LogP contribution in [0, 0.1) is 5.92 Å². The molecule has 96 valence electrons. The Balaban J connectivity index is 2.45. The van der Waals surface area contributed by atoms with Gasteiger partial charge in [0, 0.05) is 11.6 Å². The lowest BCUT2D eigenvalue weighted by molar-refractivity contribution is 0.0117. The van der Waals surface area contributed by atoms with Crippen molar-refractivity contribution in [1.29, 1.82) is 0 Å². The van der Waals surface area contributed by atoms with Gasteiger partial charge in [-0.25, -0.2) is 0 Å². The van der Waals surface area contributed by atoms with Gasteiger partial charge in [0.05, 0.1) is 12.7 Å². The lowest BCUT2D eigenvalue weighted by Crippen LogP contribution is -2.32. The molecule has 0 saturated carbocycles. The zero-order valence-electron chi connectivity index (χ0n) is 10.9. The number of hydrogen-bond acceptors (Lipinski definition) is 2. The van der Waals surface area contributed by atoms with Crippen molar-refractivity contribution in [3.63, 3.8) is 0 Å². The average Bonchev–Trinajstić information content (AvgIpc) is 2.28. The number of halogens is 1. The molecule has 1 atom stereocenters. The molecule has 1 rings (SSSR count). The Labute approximate surface area is 109 Å². The van der Waals surface area contributed by atoms with Crippen LogP contribution in [0.1, 0.15) is 26.3 Å². The maximum absolute atomic E-state index is 5.94. The molecule has 17 heavy (non-hydrogen) atoms.